The Bertz CT molecular complexity index is 538. The zero-order chi connectivity index (χ0) is 16.9. The number of hydrogen-bond acceptors (Lipinski definition) is 4. The van der Waals surface area contributed by atoms with E-state index in [2.05, 4.69) is 17.0 Å². The minimum atomic E-state index is 0.0976. The highest BCUT2D eigenvalue weighted by molar-refractivity contribution is 5.94. The van der Waals surface area contributed by atoms with Crippen LogP contribution in [0.4, 0.5) is 0 Å². The van der Waals surface area contributed by atoms with Crippen LogP contribution in [0.1, 0.15) is 35.7 Å². The third kappa shape index (κ3) is 4.35. The van der Waals surface area contributed by atoms with Gasteiger partial charge >= 0.3 is 0 Å². The second-order valence-corrected chi connectivity index (χ2v) is 7.03. The monoisotopic (exact) mass is 332 g/mol. The van der Waals surface area contributed by atoms with E-state index in [-0.39, 0.29) is 12.0 Å². The Morgan fingerprint density at radius 3 is 2.54 bits per heavy atom. The Morgan fingerprint density at radius 2 is 1.92 bits per heavy atom. The van der Waals surface area contributed by atoms with Crippen LogP contribution in [-0.4, -0.2) is 66.3 Å². The highest BCUT2D eigenvalue weighted by atomic mass is 16.5. The minimum Gasteiger partial charge on any atom is -0.396 e. The minimum absolute atomic E-state index is 0.0976. The van der Waals surface area contributed by atoms with Gasteiger partial charge in [0.15, 0.2) is 0 Å². The molecule has 2 saturated heterocycles. The van der Waals surface area contributed by atoms with E-state index in [0.717, 1.165) is 38.0 Å². The number of likely N-dealkylation sites (tertiary alicyclic amines) is 1. The number of hydrogen-bond donors (Lipinski definition) is 1. The largest absolute Gasteiger partial charge is 0.396 e. The van der Waals surface area contributed by atoms with Gasteiger partial charge in [-0.25, -0.2) is 0 Å². The first-order valence-corrected chi connectivity index (χ1v) is 8.98. The number of piperidine rings is 1. The van der Waals surface area contributed by atoms with Crippen LogP contribution in [-0.2, 0) is 11.3 Å². The number of carbonyl (C=O) groups is 1. The number of benzene rings is 1. The van der Waals surface area contributed by atoms with Gasteiger partial charge in [0.2, 0.25) is 0 Å². The lowest BCUT2D eigenvalue weighted by Crippen LogP contribution is -2.44. The van der Waals surface area contributed by atoms with Crippen LogP contribution in [0.3, 0.4) is 0 Å². The molecule has 1 amide bonds. The number of rotatable bonds is 4. The summed E-state index contributed by atoms with van der Waals surface area (Å²) in [7, 11) is 0. The molecule has 24 heavy (non-hydrogen) atoms. The molecule has 0 spiro atoms. The maximum Gasteiger partial charge on any atom is 0.254 e. The normalized spacial score (nSPS) is 23.4. The quantitative estimate of drug-likeness (QED) is 0.913. The molecule has 0 radical (unpaired) electrons. The molecule has 2 fully saturated rings. The van der Waals surface area contributed by atoms with Gasteiger partial charge in [0.05, 0.1) is 12.7 Å². The number of carbonyl (C=O) groups excluding carboxylic acids is 1. The van der Waals surface area contributed by atoms with Crippen LogP contribution < -0.4 is 0 Å². The summed E-state index contributed by atoms with van der Waals surface area (Å²) in [6.07, 6.45) is 2.26. The Morgan fingerprint density at radius 1 is 1.21 bits per heavy atom. The molecule has 0 bridgehead atoms. The third-order valence-corrected chi connectivity index (χ3v) is 5.10. The van der Waals surface area contributed by atoms with E-state index in [9.17, 15) is 9.90 Å². The molecule has 1 atom stereocenters. The van der Waals surface area contributed by atoms with Crippen molar-refractivity contribution in [3.63, 3.8) is 0 Å². The lowest BCUT2D eigenvalue weighted by atomic mass is 9.97. The first-order valence-electron chi connectivity index (χ1n) is 8.98. The van der Waals surface area contributed by atoms with Gasteiger partial charge < -0.3 is 14.7 Å². The Labute approximate surface area is 144 Å². The van der Waals surface area contributed by atoms with Crippen molar-refractivity contribution in [2.24, 2.45) is 5.92 Å². The van der Waals surface area contributed by atoms with Crippen molar-refractivity contribution in [1.29, 1.82) is 0 Å². The van der Waals surface area contributed by atoms with Gasteiger partial charge in [-0.3, -0.25) is 9.69 Å². The van der Waals surface area contributed by atoms with E-state index in [0.29, 0.717) is 32.2 Å². The fourth-order valence-electron chi connectivity index (χ4n) is 3.52. The zero-order valence-electron chi connectivity index (χ0n) is 14.5. The molecular weight excluding hydrogens is 304 g/mol. The van der Waals surface area contributed by atoms with E-state index >= 15 is 0 Å². The Balaban J connectivity index is 1.54. The summed E-state index contributed by atoms with van der Waals surface area (Å²) in [6.45, 7) is 7.27. The molecule has 1 N–H and O–H groups in total. The molecule has 1 aromatic rings. The molecule has 2 aliphatic rings. The zero-order valence-corrected chi connectivity index (χ0v) is 14.5. The molecule has 1 aromatic carbocycles. The van der Waals surface area contributed by atoms with Gasteiger partial charge in [0.25, 0.3) is 5.91 Å². The summed E-state index contributed by atoms with van der Waals surface area (Å²) >= 11 is 0. The van der Waals surface area contributed by atoms with Crippen molar-refractivity contribution in [1.82, 2.24) is 9.80 Å². The SMILES string of the molecule is CC1CN(C(=O)c2ccc(CN3CCC(CO)CC3)cc2)CCO1. The van der Waals surface area contributed by atoms with Crippen LogP contribution in [0.5, 0.6) is 0 Å². The van der Waals surface area contributed by atoms with Crippen LogP contribution in [0, 0.1) is 5.92 Å². The highest BCUT2D eigenvalue weighted by Gasteiger charge is 2.22. The summed E-state index contributed by atoms with van der Waals surface area (Å²) in [6, 6.07) is 8.01. The van der Waals surface area contributed by atoms with Crippen molar-refractivity contribution >= 4 is 5.91 Å². The lowest BCUT2D eigenvalue weighted by molar-refractivity contribution is -0.0124. The molecule has 5 heteroatoms. The standard InChI is InChI=1S/C19H28N2O3/c1-15-12-21(10-11-24-15)19(23)18-4-2-16(3-5-18)13-20-8-6-17(14-22)7-9-20/h2-5,15,17,22H,6-14H2,1H3. The number of ether oxygens (including phenoxy) is 1. The third-order valence-electron chi connectivity index (χ3n) is 5.10. The maximum atomic E-state index is 12.6. The summed E-state index contributed by atoms with van der Waals surface area (Å²) in [5.41, 5.74) is 2.00. The summed E-state index contributed by atoms with van der Waals surface area (Å²) in [4.78, 5) is 16.9. The molecule has 3 rings (SSSR count). The first-order chi connectivity index (χ1) is 11.7. The van der Waals surface area contributed by atoms with E-state index < -0.39 is 0 Å². The van der Waals surface area contributed by atoms with Crippen molar-refractivity contribution in [3.8, 4) is 0 Å². The van der Waals surface area contributed by atoms with E-state index in [1.807, 2.05) is 24.0 Å². The number of aliphatic hydroxyl groups is 1. The van der Waals surface area contributed by atoms with Gasteiger partial charge in [-0.15, -0.1) is 0 Å². The average molecular weight is 332 g/mol. The van der Waals surface area contributed by atoms with Gasteiger partial charge in [-0.1, -0.05) is 12.1 Å². The maximum absolute atomic E-state index is 12.6. The lowest BCUT2D eigenvalue weighted by Gasteiger charge is -2.31. The van der Waals surface area contributed by atoms with Crippen molar-refractivity contribution in [2.75, 3.05) is 39.4 Å². The van der Waals surface area contributed by atoms with Gasteiger partial charge in [-0.05, 0) is 56.5 Å². The highest BCUT2D eigenvalue weighted by Crippen LogP contribution is 2.19. The molecule has 2 aliphatic heterocycles. The van der Waals surface area contributed by atoms with Crippen molar-refractivity contribution in [3.05, 3.63) is 35.4 Å². The van der Waals surface area contributed by atoms with Crippen LogP contribution >= 0.6 is 0 Å². The number of morpholine rings is 1. The van der Waals surface area contributed by atoms with Crippen LogP contribution in [0.25, 0.3) is 0 Å². The smallest absolute Gasteiger partial charge is 0.254 e. The fraction of sp³-hybridized carbons (Fsp3) is 0.632. The van der Waals surface area contributed by atoms with Gasteiger partial charge in [0.1, 0.15) is 0 Å². The molecule has 2 heterocycles. The van der Waals surface area contributed by atoms with Crippen molar-refractivity contribution in [2.45, 2.75) is 32.4 Å². The predicted molar refractivity (Wildman–Crippen MR) is 92.8 cm³/mol. The topological polar surface area (TPSA) is 53.0 Å². The number of aliphatic hydroxyl groups excluding tert-OH is 1. The van der Waals surface area contributed by atoms with E-state index in [4.69, 9.17) is 4.74 Å². The summed E-state index contributed by atoms with van der Waals surface area (Å²) < 4.78 is 5.50. The second-order valence-electron chi connectivity index (χ2n) is 7.03. The molecule has 0 saturated carbocycles. The Hall–Kier alpha value is -1.43. The van der Waals surface area contributed by atoms with E-state index in [1.54, 1.807) is 0 Å². The predicted octanol–water partition coefficient (Wildman–Crippen LogP) is 1.75. The molecule has 0 aromatic heterocycles. The van der Waals surface area contributed by atoms with E-state index in [1.165, 1.54) is 5.56 Å². The van der Waals surface area contributed by atoms with Gasteiger partial charge in [0, 0.05) is 31.8 Å². The summed E-state index contributed by atoms with van der Waals surface area (Å²) in [5.74, 6) is 0.567. The van der Waals surface area contributed by atoms with Crippen LogP contribution in [0.2, 0.25) is 0 Å². The fourth-order valence-corrected chi connectivity index (χ4v) is 3.52. The first kappa shape index (κ1) is 17.4. The number of amides is 1. The molecule has 5 nitrogen and oxygen atoms in total. The number of nitrogens with zero attached hydrogens (tertiary/aromatic N) is 2. The molecule has 0 aliphatic carbocycles. The molecule has 132 valence electrons. The molecule has 1 unspecified atom stereocenters. The average Bonchev–Trinajstić information content (AvgIpc) is 2.62. The molecular formula is C19H28N2O3. The van der Waals surface area contributed by atoms with Crippen LogP contribution in [0.15, 0.2) is 24.3 Å². The summed E-state index contributed by atoms with van der Waals surface area (Å²) in [5, 5.41) is 9.21. The van der Waals surface area contributed by atoms with Gasteiger partial charge in [-0.2, -0.15) is 0 Å². The van der Waals surface area contributed by atoms with Crippen molar-refractivity contribution < 1.29 is 14.6 Å². The Kier molecular flexibility index (Phi) is 5.87. The second kappa shape index (κ2) is 8.10.